The normalized spacial score (nSPS) is 33.9. The molecular weight excluding hydrogens is 192 g/mol. The van der Waals surface area contributed by atoms with Crippen LogP contribution in [0, 0.1) is 5.92 Å². The van der Waals surface area contributed by atoms with Crippen LogP contribution in [0.25, 0.3) is 0 Å². The molecule has 15 heavy (non-hydrogen) atoms. The highest BCUT2D eigenvalue weighted by atomic mass is 16.2. The lowest BCUT2D eigenvalue weighted by Crippen LogP contribution is -2.45. The van der Waals surface area contributed by atoms with E-state index in [2.05, 4.69) is 11.8 Å². The Morgan fingerprint density at radius 3 is 2.60 bits per heavy atom. The first-order chi connectivity index (χ1) is 7.09. The summed E-state index contributed by atoms with van der Waals surface area (Å²) in [5.74, 6) is 0.588. The molecule has 0 bridgehead atoms. The maximum Gasteiger partial charge on any atom is 0.246 e. The SMILES string of the molecule is CC1CCCN(C2CC(=O)N(C)C2=O)C1. The van der Waals surface area contributed by atoms with Gasteiger partial charge in [0.05, 0.1) is 12.5 Å². The van der Waals surface area contributed by atoms with Crippen molar-refractivity contribution >= 4 is 11.8 Å². The Morgan fingerprint density at radius 1 is 1.33 bits per heavy atom. The van der Waals surface area contributed by atoms with Crippen LogP contribution in [0.3, 0.4) is 0 Å². The van der Waals surface area contributed by atoms with Crippen molar-refractivity contribution in [1.29, 1.82) is 0 Å². The van der Waals surface area contributed by atoms with Crippen molar-refractivity contribution in [1.82, 2.24) is 9.80 Å². The quantitative estimate of drug-likeness (QED) is 0.591. The number of carbonyl (C=O) groups excluding carboxylic acids is 2. The number of carbonyl (C=O) groups is 2. The average molecular weight is 210 g/mol. The molecule has 0 aliphatic carbocycles. The minimum absolute atomic E-state index is 0.0194. The molecular formula is C11H18N2O2. The summed E-state index contributed by atoms with van der Waals surface area (Å²) in [6.45, 7) is 4.12. The van der Waals surface area contributed by atoms with E-state index in [1.165, 1.54) is 11.3 Å². The van der Waals surface area contributed by atoms with Crippen LogP contribution in [0.15, 0.2) is 0 Å². The van der Waals surface area contributed by atoms with Crippen LogP contribution in [-0.4, -0.2) is 47.8 Å². The molecule has 0 aromatic carbocycles. The number of imide groups is 1. The number of hydrogen-bond acceptors (Lipinski definition) is 3. The first kappa shape index (κ1) is 10.6. The molecule has 2 saturated heterocycles. The highest BCUT2D eigenvalue weighted by Gasteiger charge is 2.40. The van der Waals surface area contributed by atoms with Crippen molar-refractivity contribution in [3.8, 4) is 0 Å². The molecule has 2 aliphatic rings. The van der Waals surface area contributed by atoms with E-state index in [0.717, 1.165) is 19.5 Å². The molecule has 2 amide bonds. The molecule has 2 rings (SSSR count). The van der Waals surface area contributed by atoms with Crippen molar-refractivity contribution < 1.29 is 9.59 Å². The van der Waals surface area contributed by atoms with E-state index in [1.54, 1.807) is 7.05 Å². The summed E-state index contributed by atoms with van der Waals surface area (Å²) in [5.41, 5.74) is 0. The lowest BCUT2D eigenvalue weighted by Gasteiger charge is -2.33. The zero-order valence-electron chi connectivity index (χ0n) is 9.40. The summed E-state index contributed by atoms with van der Waals surface area (Å²) in [6.07, 6.45) is 2.76. The van der Waals surface area contributed by atoms with Crippen LogP contribution in [0.4, 0.5) is 0 Å². The van der Waals surface area contributed by atoms with Crippen LogP contribution >= 0.6 is 0 Å². The number of likely N-dealkylation sites (tertiary alicyclic amines) is 2. The molecule has 84 valence electrons. The second-order valence-corrected chi connectivity index (χ2v) is 4.75. The minimum Gasteiger partial charge on any atom is -0.291 e. The average Bonchev–Trinajstić information content (AvgIpc) is 2.46. The summed E-state index contributed by atoms with van der Waals surface area (Å²) >= 11 is 0. The summed E-state index contributed by atoms with van der Waals surface area (Å²) in [5, 5.41) is 0. The molecule has 2 heterocycles. The zero-order valence-corrected chi connectivity index (χ0v) is 9.40. The smallest absolute Gasteiger partial charge is 0.246 e. The standard InChI is InChI=1S/C11H18N2O2/c1-8-4-3-5-13(7-8)9-6-10(14)12(2)11(9)15/h8-9H,3-7H2,1-2H3. The Labute approximate surface area is 90.2 Å². The first-order valence-electron chi connectivity index (χ1n) is 5.64. The van der Waals surface area contributed by atoms with Gasteiger partial charge in [0.25, 0.3) is 0 Å². The maximum atomic E-state index is 11.8. The van der Waals surface area contributed by atoms with Gasteiger partial charge in [0.1, 0.15) is 0 Å². The summed E-state index contributed by atoms with van der Waals surface area (Å²) in [4.78, 5) is 26.6. The minimum atomic E-state index is -0.176. The second-order valence-electron chi connectivity index (χ2n) is 4.75. The maximum absolute atomic E-state index is 11.8. The number of amides is 2. The van der Waals surface area contributed by atoms with Crippen molar-refractivity contribution in [2.24, 2.45) is 5.92 Å². The molecule has 2 fully saturated rings. The lowest BCUT2D eigenvalue weighted by molar-refractivity contribution is -0.138. The summed E-state index contributed by atoms with van der Waals surface area (Å²) in [7, 11) is 1.58. The van der Waals surface area contributed by atoms with Crippen LogP contribution in [0.2, 0.25) is 0 Å². The van der Waals surface area contributed by atoms with Crippen LogP contribution in [0.5, 0.6) is 0 Å². The highest BCUT2D eigenvalue weighted by molar-refractivity contribution is 6.05. The molecule has 2 aliphatic heterocycles. The Balaban J connectivity index is 2.05. The third-order valence-corrected chi connectivity index (χ3v) is 3.49. The predicted octanol–water partition coefficient (Wildman–Crippen LogP) is 0.476. The van der Waals surface area contributed by atoms with E-state index in [4.69, 9.17) is 0 Å². The molecule has 2 atom stereocenters. The number of rotatable bonds is 1. The van der Waals surface area contributed by atoms with Gasteiger partial charge in [0.15, 0.2) is 0 Å². The third-order valence-electron chi connectivity index (χ3n) is 3.49. The van der Waals surface area contributed by atoms with E-state index < -0.39 is 0 Å². The summed E-state index contributed by atoms with van der Waals surface area (Å²) < 4.78 is 0. The largest absolute Gasteiger partial charge is 0.291 e. The van der Waals surface area contributed by atoms with Gasteiger partial charge in [-0.2, -0.15) is 0 Å². The van der Waals surface area contributed by atoms with Crippen LogP contribution < -0.4 is 0 Å². The van der Waals surface area contributed by atoms with Crippen molar-refractivity contribution in [3.05, 3.63) is 0 Å². The lowest BCUT2D eigenvalue weighted by atomic mass is 9.98. The van der Waals surface area contributed by atoms with Crippen molar-refractivity contribution in [2.45, 2.75) is 32.2 Å². The van der Waals surface area contributed by atoms with Gasteiger partial charge in [-0.05, 0) is 25.3 Å². The van der Waals surface area contributed by atoms with Gasteiger partial charge in [0.2, 0.25) is 11.8 Å². The Hall–Kier alpha value is -0.900. The predicted molar refractivity (Wildman–Crippen MR) is 56.2 cm³/mol. The molecule has 0 spiro atoms. The molecule has 0 N–H and O–H groups in total. The Kier molecular flexibility index (Phi) is 2.78. The highest BCUT2D eigenvalue weighted by Crippen LogP contribution is 2.23. The molecule has 0 saturated carbocycles. The topological polar surface area (TPSA) is 40.6 Å². The van der Waals surface area contributed by atoms with Crippen molar-refractivity contribution in [2.75, 3.05) is 20.1 Å². The van der Waals surface area contributed by atoms with Crippen molar-refractivity contribution in [3.63, 3.8) is 0 Å². The molecule has 4 nitrogen and oxygen atoms in total. The molecule has 4 heteroatoms. The zero-order chi connectivity index (χ0) is 11.0. The molecule has 2 unspecified atom stereocenters. The van der Waals surface area contributed by atoms with Gasteiger partial charge in [-0.25, -0.2) is 0 Å². The summed E-state index contributed by atoms with van der Waals surface area (Å²) in [6, 6.07) is -0.176. The Bertz CT molecular complexity index is 290. The van der Waals surface area contributed by atoms with E-state index in [-0.39, 0.29) is 17.9 Å². The molecule has 0 aromatic heterocycles. The number of hydrogen-bond donors (Lipinski definition) is 0. The molecule has 0 radical (unpaired) electrons. The van der Waals surface area contributed by atoms with E-state index in [1.807, 2.05) is 0 Å². The van der Waals surface area contributed by atoms with E-state index in [0.29, 0.717) is 12.3 Å². The van der Waals surface area contributed by atoms with E-state index in [9.17, 15) is 9.59 Å². The van der Waals surface area contributed by atoms with Gasteiger partial charge in [-0.15, -0.1) is 0 Å². The van der Waals surface area contributed by atoms with Crippen LogP contribution in [0.1, 0.15) is 26.2 Å². The van der Waals surface area contributed by atoms with Crippen LogP contribution in [-0.2, 0) is 9.59 Å². The third kappa shape index (κ3) is 1.91. The monoisotopic (exact) mass is 210 g/mol. The fourth-order valence-electron chi connectivity index (χ4n) is 2.53. The van der Waals surface area contributed by atoms with E-state index >= 15 is 0 Å². The van der Waals surface area contributed by atoms with Gasteiger partial charge in [0, 0.05) is 13.6 Å². The number of nitrogens with zero attached hydrogens (tertiary/aromatic N) is 2. The number of piperidine rings is 1. The number of likely N-dealkylation sites (N-methyl/N-ethyl adjacent to an activating group) is 1. The van der Waals surface area contributed by atoms with Gasteiger partial charge in [-0.3, -0.25) is 19.4 Å². The fourth-order valence-corrected chi connectivity index (χ4v) is 2.53. The van der Waals surface area contributed by atoms with Gasteiger partial charge in [-0.1, -0.05) is 6.92 Å². The first-order valence-corrected chi connectivity index (χ1v) is 5.64. The van der Waals surface area contributed by atoms with Gasteiger partial charge < -0.3 is 0 Å². The van der Waals surface area contributed by atoms with Gasteiger partial charge >= 0.3 is 0 Å². The Morgan fingerprint density at radius 2 is 2.07 bits per heavy atom. The molecule has 0 aromatic rings. The second kappa shape index (κ2) is 3.93. The fraction of sp³-hybridized carbons (Fsp3) is 0.818.